The third-order valence-corrected chi connectivity index (χ3v) is 2.32. The Morgan fingerprint density at radius 2 is 2.25 bits per heavy atom. The van der Waals surface area contributed by atoms with Crippen LogP contribution in [0.15, 0.2) is 24.3 Å². The summed E-state index contributed by atoms with van der Waals surface area (Å²) < 4.78 is 5.07. The summed E-state index contributed by atoms with van der Waals surface area (Å²) in [6.07, 6.45) is 7.83. The molecule has 4 heteroatoms. The first kappa shape index (κ1) is 12.6. The SMILES string of the molecule is O=C/C=C/[C@H]1OC(=O)CCC/C=C\C[C@@H]1O. The van der Waals surface area contributed by atoms with Crippen LogP contribution in [0.1, 0.15) is 25.7 Å². The zero-order valence-corrected chi connectivity index (χ0v) is 9.04. The summed E-state index contributed by atoms with van der Waals surface area (Å²) >= 11 is 0. The highest BCUT2D eigenvalue weighted by Crippen LogP contribution is 2.12. The number of cyclic esters (lactones) is 1. The monoisotopic (exact) mass is 224 g/mol. The number of esters is 1. The molecular weight excluding hydrogens is 208 g/mol. The van der Waals surface area contributed by atoms with E-state index >= 15 is 0 Å². The lowest BCUT2D eigenvalue weighted by atomic mass is 10.1. The van der Waals surface area contributed by atoms with Gasteiger partial charge in [-0.2, -0.15) is 0 Å². The van der Waals surface area contributed by atoms with E-state index in [1.54, 1.807) is 0 Å². The summed E-state index contributed by atoms with van der Waals surface area (Å²) in [6, 6.07) is 0. The van der Waals surface area contributed by atoms with Crippen molar-refractivity contribution in [1.29, 1.82) is 0 Å². The van der Waals surface area contributed by atoms with E-state index in [4.69, 9.17) is 4.74 Å². The Kier molecular flexibility index (Phi) is 5.50. The molecule has 2 atom stereocenters. The van der Waals surface area contributed by atoms with Gasteiger partial charge in [0.1, 0.15) is 12.4 Å². The molecule has 0 aromatic carbocycles. The molecule has 1 aliphatic heterocycles. The Morgan fingerprint density at radius 1 is 1.44 bits per heavy atom. The van der Waals surface area contributed by atoms with Crippen LogP contribution >= 0.6 is 0 Å². The highest BCUT2D eigenvalue weighted by Gasteiger charge is 2.20. The molecule has 1 rings (SSSR count). The van der Waals surface area contributed by atoms with Crippen molar-refractivity contribution < 1.29 is 19.4 Å². The summed E-state index contributed by atoms with van der Waals surface area (Å²) in [6.45, 7) is 0. The van der Waals surface area contributed by atoms with Crippen LogP contribution in [0.3, 0.4) is 0 Å². The van der Waals surface area contributed by atoms with Gasteiger partial charge in [0.15, 0.2) is 0 Å². The Hall–Kier alpha value is -1.42. The smallest absolute Gasteiger partial charge is 0.306 e. The summed E-state index contributed by atoms with van der Waals surface area (Å²) in [5, 5.41) is 9.74. The average Bonchev–Trinajstić information content (AvgIpc) is 2.28. The summed E-state index contributed by atoms with van der Waals surface area (Å²) in [4.78, 5) is 21.5. The molecule has 0 saturated carbocycles. The van der Waals surface area contributed by atoms with E-state index in [2.05, 4.69) is 0 Å². The number of carbonyl (C=O) groups is 2. The maximum absolute atomic E-state index is 11.3. The molecule has 1 N–H and O–H groups in total. The van der Waals surface area contributed by atoms with E-state index < -0.39 is 12.2 Å². The maximum Gasteiger partial charge on any atom is 0.306 e. The normalized spacial score (nSPS) is 29.7. The molecule has 0 aromatic heterocycles. The molecule has 1 heterocycles. The quantitative estimate of drug-likeness (QED) is 0.331. The number of rotatable bonds is 2. The molecule has 0 fully saturated rings. The van der Waals surface area contributed by atoms with Crippen molar-refractivity contribution in [2.75, 3.05) is 0 Å². The summed E-state index contributed by atoms with van der Waals surface area (Å²) in [5.41, 5.74) is 0. The van der Waals surface area contributed by atoms with Gasteiger partial charge >= 0.3 is 5.97 Å². The minimum Gasteiger partial charge on any atom is -0.455 e. The van der Waals surface area contributed by atoms with Crippen LogP contribution in [-0.4, -0.2) is 29.6 Å². The first-order valence-corrected chi connectivity index (χ1v) is 5.38. The number of allylic oxidation sites excluding steroid dienone is 2. The van der Waals surface area contributed by atoms with Crippen molar-refractivity contribution in [1.82, 2.24) is 0 Å². The summed E-state index contributed by atoms with van der Waals surface area (Å²) in [7, 11) is 0. The topological polar surface area (TPSA) is 63.6 Å². The second kappa shape index (κ2) is 6.95. The zero-order valence-electron chi connectivity index (χ0n) is 9.04. The largest absolute Gasteiger partial charge is 0.455 e. The molecule has 0 aromatic rings. The fraction of sp³-hybridized carbons (Fsp3) is 0.500. The van der Waals surface area contributed by atoms with E-state index in [9.17, 15) is 14.7 Å². The number of carbonyl (C=O) groups excluding carboxylic acids is 2. The van der Waals surface area contributed by atoms with Crippen LogP contribution in [0.25, 0.3) is 0 Å². The van der Waals surface area contributed by atoms with Gasteiger partial charge in [-0.15, -0.1) is 0 Å². The lowest BCUT2D eigenvalue weighted by Gasteiger charge is -2.20. The summed E-state index contributed by atoms with van der Waals surface area (Å²) in [5.74, 6) is -0.338. The van der Waals surface area contributed by atoms with Gasteiger partial charge in [0.05, 0.1) is 6.10 Å². The molecule has 0 aliphatic carbocycles. The van der Waals surface area contributed by atoms with Gasteiger partial charge in [0, 0.05) is 6.42 Å². The predicted octanol–water partition coefficient (Wildman–Crippen LogP) is 1.14. The van der Waals surface area contributed by atoms with Crippen LogP contribution in [0.4, 0.5) is 0 Å². The molecule has 0 amide bonds. The second-order valence-electron chi connectivity index (χ2n) is 3.64. The molecule has 0 bridgehead atoms. The third kappa shape index (κ3) is 4.40. The maximum atomic E-state index is 11.3. The van der Waals surface area contributed by atoms with E-state index in [0.29, 0.717) is 19.1 Å². The van der Waals surface area contributed by atoms with Gasteiger partial charge in [0.2, 0.25) is 0 Å². The molecular formula is C12H16O4. The fourth-order valence-corrected chi connectivity index (χ4v) is 1.46. The van der Waals surface area contributed by atoms with Crippen LogP contribution in [0.5, 0.6) is 0 Å². The minimum absolute atomic E-state index is 0.336. The first-order valence-electron chi connectivity index (χ1n) is 5.38. The van der Waals surface area contributed by atoms with E-state index in [0.717, 1.165) is 12.8 Å². The van der Waals surface area contributed by atoms with Gasteiger partial charge < -0.3 is 9.84 Å². The highest BCUT2D eigenvalue weighted by molar-refractivity contribution is 5.70. The molecule has 88 valence electrons. The Labute approximate surface area is 94.6 Å². The molecule has 16 heavy (non-hydrogen) atoms. The van der Waals surface area contributed by atoms with Crippen molar-refractivity contribution in [2.24, 2.45) is 0 Å². The van der Waals surface area contributed by atoms with Crippen molar-refractivity contribution >= 4 is 12.3 Å². The van der Waals surface area contributed by atoms with E-state index in [1.807, 2.05) is 12.2 Å². The van der Waals surface area contributed by atoms with E-state index in [-0.39, 0.29) is 5.97 Å². The lowest BCUT2D eigenvalue weighted by molar-refractivity contribution is -0.151. The number of hydrogen-bond donors (Lipinski definition) is 1. The number of aliphatic hydroxyl groups is 1. The van der Waals surface area contributed by atoms with Crippen molar-refractivity contribution in [3.63, 3.8) is 0 Å². The van der Waals surface area contributed by atoms with Gasteiger partial charge in [-0.3, -0.25) is 9.59 Å². The number of aliphatic hydroxyl groups excluding tert-OH is 1. The zero-order chi connectivity index (χ0) is 11.8. The molecule has 0 unspecified atom stereocenters. The average molecular weight is 224 g/mol. The molecule has 0 saturated heterocycles. The van der Waals surface area contributed by atoms with E-state index in [1.165, 1.54) is 12.2 Å². The van der Waals surface area contributed by atoms with Crippen LogP contribution in [0, 0.1) is 0 Å². The molecule has 1 aliphatic rings. The molecule has 4 nitrogen and oxygen atoms in total. The van der Waals surface area contributed by atoms with Gasteiger partial charge in [-0.1, -0.05) is 12.2 Å². The van der Waals surface area contributed by atoms with Crippen molar-refractivity contribution in [3.8, 4) is 0 Å². The second-order valence-corrected chi connectivity index (χ2v) is 3.64. The van der Waals surface area contributed by atoms with Gasteiger partial charge in [-0.05, 0) is 31.4 Å². The molecule has 0 radical (unpaired) electrons. The highest BCUT2D eigenvalue weighted by atomic mass is 16.6. The fourth-order valence-electron chi connectivity index (χ4n) is 1.46. The van der Waals surface area contributed by atoms with Crippen molar-refractivity contribution in [2.45, 2.75) is 37.9 Å². The van der Waals surface area contributed by atoms with Gasteiger partial charge in [0.25, 0.3) is 0 Å². The standard InChI is InChI=1S/C12H16O4/c13-9-5-7-11-10(14)6-3-1-2-4-8-12(15)16-11/h1,3,5,7,9-11,14H,2,4,6,8H2/b3-1-,7-5+/t10-,11+/m0/s1. The molecule has 0 spiro atoms. The van der Waals surface area contributed by atoms with Crippen molar-refractivity contribution in [3.05, 3.63) is 24.3 Å². The van der Waals surface area contributed by atoms with Crippen LogP contribution < -0.4 is 0 Å². The predicted molar refractivity (Wildman–Crippen MR) is 58.7 cm³/mol. The van der Waals surface area contributed by atoms with Gasteiger partial charge in [-0.25, -0.2) is 0 Å². The van der Waals surface area contributed by atoms with Crippen LogP contribution in [-0.2, 0) is 14.3 Å². The number of aldehydes is 1. The minimum atomic E-state index is -0.797. The first-order chi connectivity index (χ1) is 7.74. The van der Waals surface area contributed by atoms with Crippen LogP contribution in [0.2, 0.25) is 0 Å². The number of ether oxygens (including phenoxy) is 1. The lowest BCUT2D eigenvalue weighted by Crippen LogP contribution is -2.29. The Balaban J connectivity index is 2.69. The Bertz CT molecular complexity index is 293. The Morgan fingerprint density at radius 3 is 3.00 bits per heavy atom. The third-order valence-electron chi connectivity index (χ3n) is 2.32. The number of hydrogen-bond acceptors (Lipinski definition) is 4.